The van der Waals surface area contributed by atoms with Gasteiger partial charge in [0.1, 0.15) is 18.7 Å². The van der Waals surface area contributed by atoms with Crippen molar-refractivity contribution in [3.8, 4) is 0 Å². The third kappa shape index (κ3) is 9.37. The van der Waals surface area contributed by atoms with Gasteiger partial charge in [0.15, 0.2) is 0 Å². The van der Waals surface area contributed by atoms with Crippen molar-refractivity contribution in [2.45, 2.75) is 132 Å². The molecule has 0 bridgehead atoms. The number of piperidine rings is 1. The minimum Gasteiger partial charge on any atom is -0.447 e. The van der Waals surface area contributed by atoms with Gasteiger partial charge in [-0.15, -0.1) is 0 Å². The number of hydrogen-bond acceptors (Lipinski definition) is 7. The summed E-state index contributed by atoms with van der Waals surface area (Å²) in [5.74, 6) is -2.71. The molecular weight excluding hydrogens is 604 g/mol. The largest absolute Gasteiger partial charge is 0.447 e. The van der Waals surface area contributed by atoms with Gasteiger partial charge in [0.25, 0.3) is 5.91 Å². The second-order valence-corrected chi connectivity index (χ2v) is 17.5. The van der Waals surface area contributed by atoms with E-state index in [2.05, 4.69) is 21.3 Å². The summed E-state index contributed by atoms with van der Waals surface area (Å²) < 4.78 is 5.42. The third-order valence-corrected chi connectivity index (χ3v) is 10.0. The highest BCUT2D eigenvalue weighted by Gasteiger charge is 2.70. The Hall–Kier alpha value is -3.38. The smallest absolute Gasteiger partial charge is 0.407 e. The number of urea groups is 1. The first-order valence-electron chi connectivity index (χ1n) is 16.8. The lowest BCUT2D eigenvalue weighted by Gasteiger charge is -2.39. The van der Waals surface area contributed by atoms with Gasteiger partial charge >= 0.3 is 12.1 Å². The average molecular weight is 663 g/mol. The molecule has 1 aliphatic heterocycles. The molecule has 3 rings (SSSR count). The van der Waals surface area contributed by atoms with E-state index in [-0.39, 0.29) is 29.8 Å². The summed E-state index contributed by atoms with van der Waals surface area (Å²) in [6.45, 7) is 21.0. The van der Waals surface area contributed by atoms with Crippen LogP contribution in [0.3, 0.4) is 0 Å². The molecule has 6 atom stereocenters. The predicted octanol–water partition coefficient (Wildman–Crippen LogP) is 2.85. The van der Waals surface area contributed by atoms with Gasteiger partial charge in [-0.25, -0.2) is 9.59 Å². The van der Waals surface area contributed by atoms with E-state index in [4.69, 9.17) is 10.5 Å². The molecular formula is C34H58N6O7. The first-order valence-corrected chi connectivity index (χ1v) is 16.8. The molecule has 0 aromatic rings. The van der Waals surface area contributed by atoms with Crippen molar-refractivity contribution in [1.29, 1.82) is 0 Å². The van der Waals surface area contributed by atoms with Gasteiger partial charge in [0.05, 0.1) is 12.1 Å². The van der Waals surface area contributed by atoms with Crippen molar-refractivity contribution in [2.75, 3.05) is 13.2 Å². The summed E-state index contributed by atoms with van der Waals surface area (Å²) in [5, 5.41) is 11.2. The monoisotopic (exact) mass is 662 g/mol. The Morgan fingerprint density at radius 3 is 1.96 bits per heavy atom. The summed E-state index contributed by atoms with van der Waals surface area (Å²) in [4.78, 5) is 80.0. The topological polar surface area (TPSA) is 189 Å². The number of nitrogens with two attached hydrogens (primary N) is 1. The Labute approximate surface area is 279 Å². The minimum absolute atomic E-state index is 0.0650. The van der Waals surface area contributed by atoms with Gasteiger partial charge in [0, 0.05) is 12.1 Å². The van der Waals surface area contributed by atoms with Gasteiger partial charge < -0.3 is 36.6 Å². The molecule has 1 saturated heterocycles. The van der Waals surface area contributed by atoms with Crippen LogP contribution in [0, 0.1) is 34.0 Å². The highest BCUT2D eigenvalue weighted by molar-refractivity contribution is 6.37. The molecule has 0 aromatic carbocycles. The zero-order valence-corrected chi connectivity index (χ0v) is 30.2. The predicted molar refractivity (Wildman–Crippen MR) is 177 cm³/mol. The number of nitrogens with zero attached hydrogens (tertiary/aromatic N) is 1. The fourth-order valence-corrected chi connectivity index (χ4v) is 6.69. The summed E-state index contributed by atoms with van der Waals surface area (Å²) in [7, 11) is 0. The number of ether oxygens (including phenoxy) is 1. The lowest BCUT2D eigenvalue weighted by Crippen LogP contribution is -2.62. The van der Waals surface area contributed by atoms with Crippen molar-refractivity contribution >= 4 is 35.6 Å². The molecule has 13 heteroatoms. The summed E-state index contributed by atoms with van der Waals surface area (Å²) in [6.07, 6.45) is 2.58. The standard InChI is InChI=1S/C34H58N6O7/c1-31(2,3)21(17-47-30(46)39-33(7,8)9)37-29(45)38-25(32(4,5)6)28(44)40-16-19-22(34(19,10)11)23(40)27(43)36-20(24(41)26(35)42)15-18-13-12-14-18/h18-23,25H,12-17H2,1-11H3,(H2,35,42)(H,36,43)(H,39,46)(H2,37,38,45)/t19-,20?,21+,22-,23-,25+/m0/s1. The van der Waals surface area contributed by atoms with Gasteiger partial charge in [-0.2, -0.15) is 0 Å². The fraction of sp³-hybridized carbons (Fsp3) is 0.824. The van der Waals surface area contributed by atoms with Crippen LogP contribution in [0.25, 0.3) is 0 Å². The molecule has 3 aliphatic rings. The first-order chi connectivity index (χ1) is 21.3. The fourth-order valence-electron chi connectivity index (χ4n) is 6.69. The molecule has 266 valence electrons. The Morgan fingerprint density at radius 1 is 0.894 bits per heavy atom. The number of Topliss-reactive ketones (excluding diaryl/α,β-unsaturated/α-hetero) is 1. The van der Waals surface area contributed by atoms with Crippen molar-refractivity contribution in [1.82, 2.24) is 26.2 Å². The lowest BCUT2D eigenvalue weighted by molar-refractivity contribution is -0.145. The average Bonchev–Trinajstić information content (AvgIpc) is 3.20. The maximum Gasteiger partial charge on any atom is 0.407 e. The van der Waals surface area contributed by atoms with Crippen LogP contribution < -0.4 is 27.0 Å². The number of alkyl carbamates (subject to hydrolysis) is 1. The van der Waals surface area contributed by atoms with Crippen LogP contribution in [0.15, 0.2) is 0 Å². The quantitative estimate of drug-likeness (QED) is 0.210. The highest BCUT2D eigenvalue weighted by Crippen LogP contribution is 2.65. The number of primary amides is 1. The number of nitrogens with one attached hydrogen (secondary N) is 4. The number of carbonyl (C=O) groups excluding carboxylic acids is 6. The van der Waals surface area contributed by atoms with Gasteiger partial charge in [-0.3, -0.25) is 19.2 Å². The maximum absolute atomic E-state index is 14.3. The number of fused-ring (bicyclic) bond motifs is 1. The number of hydrogen-bond donors (Lipinski definition) is 5. The molecule has 6 amide bonds. The molecule has 0 spiro atoms. The Kier molecular flexibility index (Phi) is 11.0. The number of likely N-dealkylation sites (tertiary alicyclic amines) is 1. The molecule has 1 heterocycles. The zero-order valence-electron chi connectivity index (χ0n) is 30.2. The lowest BCUT2D eigenvalue weighted by atomic mass is 9.80. The van der Waals surface area contributed by atoms with Gasteiger partial charge in [-0.1, -0.05) is 74.7 Å². The van der Waals surface area contributed by atoms with E-state index in [1.165, 1.54) is 4.90 Å². The third-order valence-electron chi connectivity index (χ3n) is 10.0. The number of rotatable bonds is 11. The van der Waals surface area contributed by atoms with Crippen LogP contribution in [0.4, 0.5) is 9.59 Å². The van der Waals surface area contributed by atoms with E-state index >= 15 is 0 Å². The molecule has 13 nitrogen and oxygen atoms in total. The molecule has 1 unspecified atom stereocenters. The van der Waals surface area contributed by atoms with Crippen LogP contribution in [-0.4, -0.2) is 83.4 Å². The van der Waals surface area contributed by atoms with Crippen LogP contribution >= 0.6 is 0 Å². The number of carbonyl (C=O) groups is 6. The normalized spacial score (nSPS) is 24.1. The van der Waals surface area contributed by atoms with E-state index in [1.54, 1.807) is 0 Å². The van der Waals surface area contributed by atoms with E-state index in [0.29, 0.717) is 13.0 Å². The van der Waals surface area contributed by atoms with Gasteiger partial charge in [-0.05, 0) is 61.2 Å². The van der Waals surface area contributed by atoms with Gasteiger partial charge in [0.2, 0.25) is 17.6 Å². The van der Waals surface area contributed by atoms with Crippen molar-refractivity contribution in [3.63, 3.8) is 0 Å². The molecule has 6 N–H and O–H groups in total. The van der Waals surface area contributed by atoms with Crippen LogP contribution in [-0.2, 0) is 23.9 Å². The van der Waals surface area contributed by atoms with Crippen molar-refractivity contribution in [2.24, 2.45) is 39.7 Å². The molecule has 0 aromatic heterocycles. The Morgan fingerprint density at radius 2 is 1.49 bits per heavy atom. The number of ketones is 1. The maximum atomic E-state index is 14.3. The zero-order chi connectivity index (χ0) is 35.9. The van der Waals surface area contributed by atoms with E-state index in [1.807, 2.05) is 76.2 Å². The molecule has 2 saturated carbocycles. The molecule has 47 heavy (non-hydrogen) atoms. The Bertz CT molecular complexity index is 1240. The summed E-state index contributed by atoms with van der Waals surface area (Å²) >= 11 is 0. The molecule has 3 fully saturated rings. The van der Waals surface area contributed by atoms with Crippen molar-refractivity contribution < 1.29 is 33.5 Å². The SMILES string of the molecule is CC(C)(C)NC(=O)OC[C@@H](NC(=O)N[C@H](C(=O)N1C[C@H]2[C@@H]([C@H]1C(=O)NC(CC1CCC1)C(=O)C(N)=O)C2(C)C)C(C)(C)C)C(C)(C)C. The van der Waals surface area contributed by atoms with Crippen LogP contribution in [0.5, 0.6) is 0 Å². The first kappa shape index (κ1) is 38.1. The highest BCUT2D eigenvalue weighted by atomic mass is 16.5. The summed E-state index contributed by atoms with van der Waals surface area (Å²) in [5.41, 5.74) is 3.40. The van der Waals surface area contributed by atoms with E-state index in [0.717, 1.165) is 19.3 Å². The van der Waals surface area contributed by atoms with Crippen LogP contribution in [0.1, 0.15) is 102 Å². The number of amides is 6. The molecule has 2 aliphatic carbocycles. The second-order valence-electron chi connectivity index (χ2n) is 17.5. The minimum atomic E-state index is -1.10. The summed E-state index contributed by atoms with van der Waals surface area (Å²) in [6, 6.07) is -4.14. The van der Waals surface area contributed by atoms with E-state index < -0.39 is 76.2 Å². The van der Waals surface area contributed by atoms with E-state index in [9.17, 15) is 28.8 Å². The second kappa shape index (κ2) is 13.6. The van der Waals surface area contributed by atoms with Crippen LogP contribution in [0.2, 0.25) is 0 Å². The Balaban J connectivity index is 1.78. The molecule has 0 radical (unpaired) electrons. The van der Waals surface area contributed by atoms with Crippen molar-refractivity contribution in [3.05, 3.63) is 0 Å².